The van der Waals surface area contributed by atoms with Crippen LogP contribution in [0.25, 0.3) is 0 Å². The van der Waals surface area contributed by atoms with E-state index in [9.17, 15) is 0 Å². The van der Waals surface area contributed by atoms with E-state index in [-0.39, 0.29) is 0 Å². The number of hydrogen-bond donors (Lipinski definition) is 1. The van der Waals surface area contributed by atoms with Crippen LogP contribution in [0.4, 0.5) is 0 Å². The SMILES string of the molecule is CCCNC1CCCCC1C1CCC(CC)CC1. The van der Waals surface area contributed by atoms with Crippen molar-refractivity contribution in [3.63, 3.8) is 0 Å². The van der Waals surface area contributed by atoms with Crippen molar-refractivity contribution in [3.05, 3.63) is 0 Å². The van der Waals surface area contributed by atoms with Gasteiger partial charge >= 0.3 is 0 Å². The van der Waals surface area contributed by atoms with Crippen molar-refractivity contribution in [3.8, 4) is 0 Å². The Hall–Kier alpha value is -0.0400. The molecule has 1 nitrogen and oxygen atoms in total. The Morgan fingerprint density at radius 3 is 2.28 bits per heavy atom. The van der Waals surface area contributed by atoms with Gasteiger partial charge in [0.1, 0.15) is 0 Å². The first-order valence-electron chi connectivity index (χ1n) is 8.58. The largest absolute Gasteiger partial charge is 0.314 e. The zero-order valence-corrected chi connectivity index (χ0v) is 12.6. The van der Waals surface area contributed by atoms with Gasteiger partial charge in [0.05, 0.1) is 0 Å². The van der Waals surface area contributed by atoms with Gasteiger partial charge in [-0.25, -0.2) is 0 Å². The summed E-state index contributed by atoms with van der Waals surface area (Å²) < 4.78 is 0. The highest BCUT2D eigenvalue weighted by Crippen LogP contribution is 2.40. The Bertz CT molecular complexity index is 218. The number of hydrogen-bond acceptors (Lipinski definition) is 1. The number of rotatable bonds is 5. The molecule has 0 saturated heterocycles. The highest BCUT2D eigenvalue weighted by atomic mass is 14.9. The predicted molar refractivity (Wildman–Crippen MR) is 79.8 cm³/mol. The monoisotopic (exact) mass is 251 g/mol. The van der Waals surface area contributed by atoms with E-state index in [0.717, 1.165) is 23.8 Å². The van der Waals surface area contributed by atoms with E-state index >= 15 is 0 Å². The number of nitrogens with one attached hydrogen (secondary N) is 1. The van der Waals surface area contributed by atoms with Crippen molar-refractivity contribution in [1.82, 2.24) is 5.32 Å². The predicted octanol–water partition coefficient (Wildman–Crippen LogP) is 4.76. The average Bonchev–Trinajstić information content (AvgIpc) is 2.45. The lowest BCUT2D eigenvalue weighted by atomic mass is 9.68. The maximum absolute atomic E-state index is 3.84. The minimum absolute atomic E-state index is 0.849. The van der Waals surface area contributed by atoms with Crippen LogP contribution in [0.3, 0.4) is 0 Å². The summed E-state index contributed by atoms with van der Waals surface area (Å²) in [4.78, 5) is 0. The van der Waals surface area contributed by atoms with Gasteiger partial charge in [-0.05, 0) is 56.4 Å². The minimum atomic E-state index is 0.849. The summed E-state index contributed by atoms with van der Waals surface area (Å²) in [5, 5.41) is 3.84. The molecule has 2 unspecified atom stereocenters. The Morgan fingerprint density at radius 1 is 0.889 bits per heavy atom. The lowest BCUT2D eigenvalue weighted by Crippen LogP contribution is -2.43. The molecule has 106 valence electrons. The van der Waals surface area contributed by atoms with Crippen molar-refractivity contribution in [2.24, 2.45) is 17.8 Å². The fourth-order valence-electron chi connectivity index (χ4n) is 4.33. The minimum Gasteiger partial charge on any atom is -0.314 e. The van der Waals surface area contributed by atoms with Crippen molar-refractivity contribution < 1.29 is 0 Å². The average molecular weight is 251 g/mol. The van der Waals surface area contributed by atoms with Crippen LogP contribution in [0.2, 0.25) is 0 Å². The maximum Gasteiger partial charge on any atom is 0.00979 e. The lowest BCUT2D eigenvalue weighted by molar-refractivity contribution is 0.130. The van der Waals surface area contributed by atoms with Gasteiger partial charge in [0.15, 0.2) is 0 Å². The van der Waals surface area contributed by atoms with Gasteiger partial charge in [-0.3, -0.25) is 0 Å². The second-order valence-electron chi connectivity index (χ2n) is 6.70. The molecule has 0 aliphatic heterocycles. The summed E-state index contributed by atoms with van der Waals surface area (Å²) in [6.07, 6.45) is 14.7. The molecule has 0 aromatic heterocycles. The fraction of sp³-hybridized carbons (Fsp3) is 1.00. The normalized spacial score (nSPS) is 37.7. The Morgan fingerprint density at radius 2 is 1.61 bits per heavy atom. The highest BCUT2D eigenvalue weighted by molar-refractivity contribution is 4.87. The molecule has 2 aliphatic rings. The van der Waals surface area contributed by atoms with Crippen LogP contribution in [0.5, 0.6) is 0 Å². The van der Waals surface area contributed by atoms with E-state index in [1.54, 1.807) is 0 Å². The molecule has 2 saturated carbocycles. The molecule has 0 spiro atoms. The third-order valence-corrected chi connectivity index (χ3v) is 5.55. The third kappa shape index (κ3) is 3.73. The molecular formula is C17H33N. The van der Waals surface area contributed by atoms with Crippen LogP contribution >= 0.6 is 0 Å². The molecule has 2 rings (SSSR count). The van der Waals surface area contributed by atoms with Gasteiger partial charge < -0.3 is 5.32 Å². The van der Waals surface area contributed by atoms with Crippen molar-refractivity contribution in [1.29, 1.82) is 0 Å². The van der Waals surface area contributed by atoms with E-state index in [4.69, 9.17) is 0 Å². The Labute approximate surface area is 114 Å². The first-order chi connectivity index (χ1) is 8.85. The van der Waals surface area contributed by atoms with Crippen LogP contribution in [-0.4, -0.2) is 12.6 Å². The van der Waals surface area contributed by atoms with Gasteiger partial charge in [0.25, 0.3) is 0 Å². The lowest BCUT2D eigenvalue weighted by Gasteiger charge is -2.41. The maximum atomic E-state index is 3.84. The van der Waals surface area contributed by atoms with Crippen LogP contribution in [0, 0.1) is 17.8 Å². The third-order valence-electron chi connectivity index (χ3n) is 5.55. The zero-order valence-electron chi connectivity index (χ0n) is 12.6. The van der Waals surface area contributed by atoms with Crippen molar-refractivity contribution in [2.75, 3.05) is 6.54 Å². The molecule has 0 bridgehead atoms. The Kier molecular flexibility index (Phi) is 6.01. The summed E-state index contributed by atoms with van der Waals surface area (Å²) >= 11 is 0. The van der Waals surface area contributed by atoms with Gasteiger partial charge in [-0.15, -0.1) is 0 Å². The van der Waals surface area contributed by atoms with Gasteiger partial charge in [0.2, 0.25) is 0 Å². The van der Waals surface area contributed by atoms with Gasteiger partial charge in [0, 0.05) is 6.04 Å². The van der Waals surface area contributed by atoms with Crippen LogP contribution < -0.4 is 5.32 Å². The molecule has 2 fully saturated rings. The molecule has 18 heavy (non-hydrogen) atoms. The standard InChI is InChI=1S/C17H33N/c1-3-13-18-17-8-6-5-7-16(17)15-11-9-14(4-2)10-12-15/h14-18H,3-13H2,1-2H3. The first kappa shape index (κ1) is 14.4. The van der Waals surface area contributed by atoms with Crippen LogP contribution in [0.15, 0.2) is 0 Å². The second kappa shape index (κ2) is 7.53. The summed E-state index contributed by atoms with van der Waals surface area (Å²) in [6.45, 7) is 5.89. The fourth-order valence-corrected chi connectivity index (χ4v) is 4.33. The van der Waals surface area contributed by atoms with Crippen molar-refractivity contribution in [2.45, 2.75) is 84.1 Å². The van der Waals surface area contributed by atoms with E-state index in [2.05, 4.69) is 19.2 Å². The van der Waals surface area contributed by atoms with Gasteiger partial charge in [-0.1, -0.05) is 46.0 Å². The van der Waals surface area contributed by atoms with Gasteiger partial charge in [-0.2, -0.15) is 0 Å². The summed E-state index contributed by atoms with van der Waals surface area (Å²) in [5.41, 5.74) is 0. The molecule has 1 N–H and O–H groups in total. The summed E-state index contributed by atoms with van der Waals surface area (Å²) in [5.74, 6) is 3.09. The van der Waals surface area contributed by atoms with E-state index in [1.807, 2.05) is 0 Å². The second-order valence-corrected chi connectivity index (χ2v) is 6.70. The molecule has 0 aromatic carbocycles. The Balaban J connectivity index is 1.84. The topological polar surface area (TPSA) is 12.0 Å². The molecule has 0 amide bonds. The van der Waals surface area contributed by atoms with Crippen LogP contribution in [0.1, 0.15) is 78.1 Å². The zero-order chi connectivity index (χ0) is 12.8. The highest BCUT2D eigenvalue weighted by Gasteiger charge is 2.33. The molecule has 2 aliphatic carbocycles. The molecule has 0 heterocycles. The summed E-state index contributed by atoms with van der Waals surface area (Å²) in [6, 6.07) is 0.849. The summed E-state index contributed by atoms with van der Waals surface area (Å²) in [7, 11) is 0. The van der Waals surface area contributed by atoms with Crippen molar-refractivity contribution >= 4 is 0 Å². The van der Waals surface area contributed by atoms with E-state index in [1.165, 1.54) is 70.8 Å². The van der Waals surface area contributed by atoms with Crippen LogP contribution in [-0.2, 0) is 0 Å². The molecule has 0 aromatic rings. The molecule has 0 radical (unpaired) electrons. The molecular weight excluding hydrogens is 218 g/mol. The van der Waals surface area contributed by atoms with E-state index in [0.29, 0.717) is 0 Å². The quantitative estimate of drug-likeness (QED) is 0.743. The smallest absolute Gasteiger partial charge is 0.00979 e. The molecule has 1 heteroatoms. The van der Waals surface area contributed by atoms with E-state index < -0.39 is 0 Å². The molecule has 2 atom stereocenters. The first-order valence-corrected chi connectivity index (χ1v) is 8.58.